The zero-order valence-electron chi connectivity index (χ0n) is 14.5. The maximum absolute atomic E-state index is 11.9. The molecule has 2 rings (SSSR count). The molecule has 0 spiro atoms. The Morgan fingerprint density at radius 2 is 1.92 bits per heavy atom. The Bertz CT molecular complexity index is 761. The molecule has 2 N–H and O–H groups in total. The van der Waals surface area contributed by atoms with E-state index < -0.39 is 0 Å². The largest absolute Gasteiger partial charge is 0.348 e. The summed E-state index contributed by atoms with van der Waals surface area (Å²) in [5, 5.41) is 2.77. The molecular formula is C18H23N3O2S. The van der Waals surface area contributed by atoms with Gasteiger partial charge in [-0.1, -0.05) is 32.9 Å². The van der Waals surface area contributed by atoms with Crippen LogP contribution in [0.25, 0.3) is 0 Å². The molecule has 0 saturated heterocycles. The first-order valence-electron chi connectivity index (χ1n) is 7.81. The SMILES string of the molecule is Cc1cc(=O)[nH]c(CNC(=O)CSc2ccc(C(C)(C)C)cc2)n1. The summed E-state index contributed by atoms with van der Waals surface area (Å²) in [7, 11) is 0. The van der Waals surface area contributed by atoms with Crippen molar-refractivity contribution < 1.29 is 4.79 Å². The van der Waals surface area contributed by atoms with Crippen LogP contribution in [-0.4, -0.2) is 21.6 Å². The molecule has 1 amide bonds. The van der Waals surface area contributed by atoms with E-state index in [2.05, 4.69) is 48.2 Å². The molecule has 2 aromatic rings. The molecule has 0 bridgehead atoms. The molecule has 0 saturated carbocycles. The number of nitrogens with one attached hydrogen (secondary N) is 2. The van der Waals surface area contributed by atoms with Crippen molar-refractivity contribution in [3.8, 4) is 0 Å². The second-order valence-electron chi connectivity index (χ2n) is 6.67. The van der Waals surface area contributed by atoms with E-state index in [1.165, 1.54) is 23.4 Å². The first-order chi connectivity index (χ1) is 11.2. The topological polar surface area (TPSA) is 74.8 Å². The number of hydrogen-bond donors (Lipinski definition) is 2. The first kappa shape index (κ1) is 18.3. The lowest BCUT2D eigenvalue weighted by Gasteiger charge is -2.19. The lowest BCUT2D eigenvalue weighted by atomic mass is 9.87. The molecule has 0 radical (unpaired) electrons. The second-order valence-corrected chi connectivity index (χ2v) is 7.72. The summed E-state index contributed by atoms with van der Waals surface area (Å²) in [6, 6.07) is 9.70. The zero-order valence-corrected chi connectivity index (χ0v) is 15.3. The Hall–Kier alpha value is -2.08. The van der Waals surface area contributed by atoms with Gasteiger partial charge in [0, 0.05) is 16.7 Å². The normalized spacial score (nSPS) is 11.3. The van der Waals surface area contributed by atoms with E-state index in [9.17, 15) is 9.59 Å². The summed E-state index contributed by atoms with van der Waals surface area (Å²) in [6.45, 7) is 8.49. The van der Waals surface area contributed by atoms with Crippen molar-refractivity contribution in [1.82, 2.24) is 15.3 Å². The molecule has 5 nitrogen and oxygen atoms in total. The Kier molecular flexibility index (Phi) is 5.83. The van der Waals surface area contributed by atoms with Gasteiger partial charge in [0.1, 0.15) is 5.82 Å². The van der Waals surface area contributed by atoms with E-state index in [0.717, 1.165) is 4.90 Å². The Morgan fingerprint density at radius 3 is 2.50 bits per heavy atom. The van der Waals surface area contributed by atoms with Gasteiger partial charge in [-0.15, -0.1) is 11.8 Å². The number of aryl methyl sites for hydroxylation is 1. The molecule has 1 heterocycles. The molecule has 0 aliphatic heterocycles. The van der Waals surface area contributed by atoms with Crippen molar-refractivity contribution in [2.75, 3.05) is 5.75 Å². The summed E-state index contributed by atoms with van der Waals surface area (Å²) in [6.07, 6.45) is 0. The van der Waals surface area contributed by atoms with Gasteiger partial charge < -0.3 is 10.3 Å². The molecule has 128 valence electrons. The lowest BCUT2D eigenvalue weighted by molar-refractivity contribution is -0.118. The van der Waals surface area contributed by atoms with Crippen LogP contribution in [-0.2, 0) is 16.8 Å². The fraction of sp³-hybridized carbons (Fsp3) is 0.389. The van der Waals surface area contributed by atoms with Crippen LogP contribution >= 0.6 is 11.8 Å². The molecule has 0 aliphatic carbocycles. The molecule has 6 heteroatoms. The third-order valence-corrected chi connectivity index (χ3v) is 4.47. The van der Waals surface area contributed by atoms with Crippen LogP contribution < -0.4 is 10.9 Å². The number of benzene rings is 1. The highest BCUT2D eigenvalue weighted by atomic mass is 32.2. The van der Waals surface area contributed by atoms with Gasteiger partial charge in [-0.25, -0.2) is 4.98 Å². The van der Waals surface area contributed by atoms with Crippen molar-refractivity contribution in [1.29, 1.82) is 0 Å². The highest BCUT2D eigenvalue weighted by Crippen LogP contribution is 2.25. The van der Waals surface area contributed by atoms with E-state index in [0.29, 0.717) is 17.3 Å². The van der Waals surface area contributed by atoms with Crippen LogP contribution in [0.4, 0.5) is 0 Å². The van der Waals surface area contributed by atoms with Crippen LogP contribution in [0.3, 0.4) is 0 Å². The number of carbonyl (C=O) groups excluding carboxylic acids is 1. The number of thioether (sulfide) groups is 1. The minimum Gasteiger partial charge on any atom is -0.348 e. The van der Waals surface area contributed by atoms with Gasteiger partial charge in [-0.2, -0.15) is 0 Å². The molecule has 0 atom stereocenters. The smallest absolute Gasteiger partial charge is 0.251 e. The number of amides is 1. The maximum atomic E-state index is 11.9. The van der Waals surface area contributed by atoms with Crippen LogP contribution in [0.2, 0.25) is 0 Å². The van der Waals surface area contributed by atoms with Gasteiger partial charge in [0.05, 0.1) is 12.3 Å². The number of rotatable bonds is 5. The van der Waals surface area contributed by atoms with Gasteiger partial charge in [0.2, 0.25) is 5.91 Å². The Labute approximate surface area is 146 Å². The van der Waals surface area contributed by atoms with E-state index in [4.69, 9.17) is 0 Å². The van der Waals surface area contributed by atoms with Crippen molar-refractivity contribution in [2.45, 2.75) is 44.6 Å². The molecular weight excluding hydrogens is 322 g/mol. The molecule has 1 aromatic heterocycles. The minimum absolute atomic E-state index is 0.0935. The van der Waals surface area contributed by atoms with Crippen LogP contribution in [0.1, 0.15) is 37.9 Å². The van der Waals surface area contributed by atoms with Crippen molar-refractivity contribution >= 4 is 17.7 Å². The van der Waals surface area contributed by atoms with Crippen LogP contribution in [0, 0.1) is 6.92 Å². The Morgan fingerprint density at radius 1 is 1.25 bits per heavy atom. The summed E-state index contributed by atoms with van der Waals surface area (Å²) in [5.74, 6) is 0.696. The maximum Gasteiger partial charge on any atom is 0.251 e. The summed E-state index contributed by atoms with van der Waals surface area (Å²) >= 11 is 1.48. The fourth-order valence-electron chi connectivity index (χ4n) is 2.16. The van der Waals surface area contributed by atoms with E-state index in [1.54, 1.807) is 6.92 Å². The average Bonchev–Trinajstić information content (AvgIpc) is 2.49. The van der Waals surface area contributed by atoms with Gasteiger partial charge in [-0.3, -0.25) is 9.59 Å². The van der Waals surface area contributed by atoms with Crippen LogP contribution in [0.15, 0.2) is 40.0 Å². The highest BCUT2D eigenvalue weighted by Gasteiger charge is 2.13. The van der Waals surface area contributed by atoms with Crippen LogP contribution in [0.5, 0.6) is 0 Å². The van der Waals surface area contributed by atoms with Gasteiger partial charge >= 0.3 is 0 Å². The lowest BCUT2D eigenvalue weighted by Crippen LogP contribution is -2.27. The van der Waals surface area contributed by atoms with Gasteiger partial charge in [-0.05, 0) is 30.0 Å². The predicted octanol–water partition coefficient (Wildman–Crippen LogP) is 2.78. The van der Waals surface area contributed by atoms with Gasteiger partial charge in [0.15, 0.2) is 0 Å². The third-order valence-electron chi connectivity index (χ3n) is 3.46. The second kappa shape index (κ2) is 7.66. The minimum atomic E-state index is -0.208. The monoisotopic (exact) mass is 345 g/mol. The third kappa shape index (κ3) is 5.53. The number of carbonyl (C=O) groups is 1. The highest BCUT2D eigenvalue weighted by molar-refractivity contribution is 8.00. The fourth-order valence-corrected chi connectivity index (χ4v) is 2.89. The first-order valence-corrected chi connectivity index (χ1v) is 8.79. The van der Waals surface area contributed by atoms with Gasteiger partial charge in [0.25, 0.3) is 5.56 Å². The predicted molar refractivity (Wildman–Crippen MR) is 97.3 cm³/mol. The number of aromatic amines is 1. The Balaban J connectivity index is 1.84. The standard InChI is InChI=1S/C18H23N3O2S/c1-12-9-16(22)21-15(20-12)10-19-17(23)11-24-14-7-5-13(6-8-14)18(2,3)4/h5-9H,10-11H2,1-4H3,(H,19,23)(H,20,21,22). The summed E-state index contributed by atoms with van der Waals surface area (Å²) in [4.78, 5) is 31.1. The molecule has 0 unspecified atom stereocenters. The zero-order chi connectivity index (χ0) is 17.7. The van der Waals surface area contributed by atoms with E-state index in [-0.39, 0.29) is 23.4 Å². The number of nitrogens with zero attached hydrogens (tertiary/aromatic N) is 1. The summed E-state index contributed by atoms with van der Waals surface area (Å²) in [5.41, 5.74) is 1.82. The average molecular weight is 345 g/mol. The molecule has 1 aromatic carbocycles. The number of H-pyrrole nitrogens is 1. The quantitative estimate of drug-likeness (QED) is 0.817. The molecule has 0 aliphatic rings. The number of aromatic nitrogens is 2. The molecule has 24 heavy (non-hydrogen) atoms. The van der Waals surface area contributed by atoms with Crippen molar-refractivity contribution in [3.05, 3.63) is 57.8 Å². The van der Waals surface area contributed by atoms with Crippen molar-refractivity contribution in [2.24, 2.45) is 0 Å². The van der Waals surface area contributed by atoms with E-state index in [1.807, 2.05) is 12.1 Å². The number of hydrogen-bond acceptors (Lipinski definition) is 4. The van der Waals surface area contributed by atoms with E-state index >= 15 is 0 Å². The van der Waals surface area contributed by atoms with Crippen molar-refractivity contribution in [3.63, 3.8) is 0 Å². The molecule has 0 fully saturated rings. The summed E-state index contributed by atoms with van der Waals surface area (Å²) < 4.78 is 0.